The van der Waals surface area contributed by atoms with Gasteiger partial charge in [0.2, 0.25) is 0 Å². The van der Waals surface area contributed by atoms with Gasteiger partial charge in [0.25, 0.3) is 0 Å². The highest BCUT2D eigenvalue weighted by molar-refractivity contribution is 5.10. The molecule has 0 aromatic carbocycles. The highest BCUT2D eigenvalue weighted by atomic mass is 15.3. The third kappa shape index (κ3) is 2.73. The van der Waals surface area contributed by atoms with Crippen LogP contribution in [0.5, 0.6) is 0 Å². The summed E-state index contributed by atoms with van der Waals surface area (Å²) in [5, 5.41) is 13.6. The Hall–Kier alpha value is -1.34. The van der Waals surface area contributed by atoms with Gasteiger partial charge in [0.05, 0.1) is 22.9 Å². The molecule has 1 saturated heterocycles. The number of aryl methyl sites for hydroxylation is 2. The normalized spacial score (nSPS) is 19.7. The Morgan fingerprint density at radius 3 is 2.61 bits per heavy atom. The summed E-state index contributed by atoms with van der Waals surface area (Å²) in [5.74, 6) is 0. The van der Waals surface area contributed by atoms with Crippen molar-refractivity contribution in [3.05, 3.63) is 17.5 Å². The molecule has 0 aliphatic carbocycles. The number of nitriles is 1. The molecule has 1 fully saturated rings. The van der Waals surface area contributed by atoms with Crippen molar-refractivity contribution < 1.29 is 0 Å². The van der Waals surface area contributed by atoms with E-state index >= 15 is 0 Å². The molecule has 0 unspecified atom stereocenters. The van der Waals surface area contributed by atoms with E-state index in [0.29, 0.717) is 0 Å². The molecule has 1 aliphatic rings. The van der Waals surface area contributed by atoms with E-state index in [2.05, 4.69) is 36.0 Å². The third-order valence-electron chi connectivity index (χ3n) is 4.00. The van der Waals surface area contributed by atoms with Crippen LogP contribution in [-0.4, -0.2) is 27.8 Å². The summed E-state index contributed by atoms with van der Waals surface area (Å²) < 4.78 is 1.98. The zero-order valence-corrected chi connectivity index (χ0v) is 11.6. The molecule has 1 aromatic heterocycles. The average molecular weight is 246 g/mol. The lowest BCUT2D eigenvalue weighted by atomic mass is 9.82. The van der Waals surface area contributed by atoms with Crippen LogP contribution in [0.15, 0.2) is 6.07 Å². The van der Waals surface area contributed by atoms with Gasteiger partial charge in [-0.1, -0.05) is 6.92 Å². The Labute approximate surface area is 109 Å². The van der Waals surface area contributed by atoms with Gasteiger partial charge in [0.1, 0.15) is 0 Å². The standard InChI is InChI=1S/C14H22N4/c1-4-12-9-13(17(3)16-12)10-18-7-5-14(2,11-15)6-8-18/h9H,4-8,10H2,1-3H3. The molecule has 4 heteroatoms. The fourth-order valence-corrected chi connectivity index (χ4v) is 2.44. The van der Waals surface area contributed by atoms with Gasteiger partial charge in [-0.25, -0.2) is 0 Å². The van der Waals surface area contributed by atoms with E-state index < -0.39 is 0 Å². The summed E-state index contributed by atoms with van der Waals surface area (Å²) >= 11 is 0. The summed E-state index contributed by atoms with van der Waals surface area (Å²) in [6.07, 6.45) is 2.93. The highest BCUT2D eigenvalue weighted by Crippen LogP contribution is 2.30. The molecule has 98 valence electrons. The van der Waals surface area contributed by atoms with Gasteiger partial charge in [-0.05, 0) is 32.3 Å². The molecule has 0 saturated carbocycles. The Morgan fingerprint density at radius 2 is 2.11 bits per heavy atom. The van der Waals surface area contributed by atoms with E-state index in [9.17, 15) is 0 Å². The number of aromatic nitrogens is 2. The molecule has 18 heavy (non-hydrogen) atoms. The van der Waals surface area contributed by atoms with Gasteiger partial charge in [0.15, 0.2) is 0 Å². The minimum absolute atomic E-state index is 0.114. The highest BCUT2D eigenvalue weighted by Gasteiger charge is 2.30. The van der Waals surface area contributed by atoms with E-state index in [1.54, 1.807) is 0 Å². The molecule has 0 atom stereocenters. The van der Waals surface area contributed by atoms with E-state index in [0.717, 1.165) is 44.6 Å². The van der Waals surface area contributed by atoms with Gasteiger partial charge >= 0.3 is 0 Å². The van der Waals surface area contributed by atoms with E-state index in [1.165, 1.54) is 5.69 Å². The smallest absolute Gasteiger partial charge is 0.0687 e. The van der Waals surface area contributed by atoms with Crippen LogP contribution in [0.3, 0.4) is 0 Å². The first-order valence-electron chi connectivity index (χ1n) is 6.72. The first-order chi connectivity index (χ1) is 8.56. The second-order valence-corrected chi connectivity index (χ2v) is 5.55. The quantitative estimate of drug-likeness (QED) is 0.820. The largest absolute Gasteiger partial charge is 0.297 e. The maximum atomic E-state index is 9.12. The Bertz CT molecular complexity index is 447. The Kier molecular flexibility index (Phi) is 3.72. The summed E-state index contributed by atoms with van der Waals surface area (Å²) in [4.78, 5) is 2.43. The summed E-state index contributed by atoms with van der Waals surface area (Å²) in [6.45, 7) is 7.17. The number of hydrogen-bond donors (Lipinski definition) is 0. The number of hydrogen-bond acceptors (Lipinski definition) is 3. The summed E-state index contributed by atoms with van der Waals surface area (Å²) in [7, 11) is 2.01. The molecule has 4 nitrogen and oxygen atoms in total. The van der Waals surface area contributed by atoms with Crippen LogP contribution in [0.1, 0.15) is 38.1 Å². The fraction of sp³-hybridized carbons (Fsp3) is 0.714. The van der Waals surface area contributed by atoms with Crippen molar-refractivity contribution in [2.45, 2.75) is 39.7 Å². The van der Waals surface area contributed by atoms with Crippen LogP contribution < -0.4 is 0 Å². The van der Waals surface area contributed by atoms with E-state index in [1.807, 2.05) is 11.7 Å². The molecule has 2 rings (SSSR count). The van der Waals surface area contributed by atoms with Gasteiger partial charge in [-0.3, -0.25) is 9.58 Å². The van der Waals surface area contributed by atoms with Crippen LogP contribution in [0.4, 0.5) is 0 Å². The Balaban J connectivity index is 1.95. The van der Waals surface area contributed by atoms with Crippen LogP contribution in [0.25, 0.3) is 0 Å². The lowest BCUT2D eigenvalue weighted by molar-refractivity contribution is 0.147. The minimum Gasteiger partial charge on any atom is -0.297 e. The SMILES string of the molecule is CCc1cc(CN2CCC(C)(C#N)CC2)n(C)n1. The van der Waals surface area contributed by atoms with Crippen molar-refractivity contribution in [3.8, 4) is 6.07 Å². The van der Waals surface area contributed by atoms with Crippen molar-refractivity contribution in [2.24, 2.45) is 12.5 Å². The lowest BCUT2D eigenvalue weighted by Crippen LogP contribution is -2.37. The third-order valence-corrected chi connectivity index (χ3v) is 4.00. The zero-order valence-electron chi connectivity index (χ0n) is 11.6. The van der Waals surface area contributed by atoms with Crippen molar-refractivity contribution in [1.29, 1.82) is 5.26 Å². The van der Waals surface area contributed by atoms with Crippen LogP contribution in [0.2, 0.25) is 0 Å². The average Bonchev–Trinajstić information content (AvgIpc) is 2.73. The zero-order chi connectivity index (χ0) is 13.2. The maximum absolute atomic E-state index is 9.12. The van der Waals surface area contributed by atoms with Crippen LogP contribution in [-0.2, 0) is 20.0 Å². The van der Waals surface area contributed by atoms with Crippen molar-refractivity contribution >= 4 is 0 Å². The van der Waals surface area contributed by atoms with Gasteiger partial charge in [0, 0.05) is 26.7 Å². The predicted octanol–water partition coefficient (Wildman–Crippen LogP) is 2.11. The van der Waals surface area contributed by atoms with Gasteiger partial charge in [-0.2, -0.15) is 10.4 Å². The first-order valence-corrected chi connectivity index (χ1v) is 6.72. The number of piperidine rings is 1. The topological polar surface area (TPSA) is 44.9 Å². The second-order valence-electron chi connectivity index (χ2n) is 5.55. The monoisotopic (exact) mass is 246 g/mol. The summed E-state index contributed by atoms with van der Waals surface area (Å²) in [5.41, 5.74) is 2.32. The number of likely N-dealkylation sites (tertiary alicyclic amines) is 1. The van der Waals surface area contributed by atoms with Crippen molar-refractivity contribution in [1.82, 2.24) is 14.7 Å². The molecule has 1 aliphatic heterocycles. The minimum atomic E-state index is -0.114. The molecule has 0 spiro atoms. The molecule has 0 bridgehead atoms. The number of rotatable bonds is 3. The summed E-state index contributed by atoms with van der Waals surface area (Å²) in [6, 6.07) is 4.64. The first kappa shape index (κ1) is 13.1. The Morgan fingerprint density at radius 1 is 1.44 bits per heavy atom. The van der Waals surface area contributed by atoms with E-state index in [-0.39, 0.29) is 5.41 Å². The molecule has 0 radical (unpaired) electrons. The second kappa shape index (κ2) is 5.11. The molecule has 0 amide bonds. The van der Waals surface area contributed by atoms with Gasteiger partial charge < -0.3 is 0 Å². The van der Waals surface area contributed by atoms with Gasteiger partial charge in [-0.15, -0.1) is 0 Å². The predicted molar refractivity (Wildman–Crippen MR) is 70.8 cm³/mol. The van der Waals surface area contributed by atoms with Crippen molar-refractivity contribution in [2.75, 3.05) is 13.1 Å². The fourth-order valence-electron chi connectivity index (χ4n) is 2.44. The lowest BCUT2D eigenvalue weighted by Gasteiger charge is -2.34. The van der Waals surface area contributed by atoms with Crippen LogP contribution >= 0.6 is 0 Å². The molecular weight excluding hydrogens is 224 g/mol. The van der Waals surface area contributed by atoms with Crippen LogP contribution in [0, 0.1) is 16.7 Å². The number of nitrogens with zero attached hydrogens (tertiary/aromatic N) is 4. The molecular formula is C14H22N4. The molecule has 2 heterocycles. The molecule has 0 N–H and O–H groups in total. The maximum Gasteiger partial charge on any atom is 0.0687 e. The molecule has 1 aromatic rings. The van der Waals surface area contributed by atoms with E-state index in [4.69, 9.17) is 5.26 Å². The van der Waals surface area contributed by atoms with Crippen molar-refractivity contribution in [3.63, 3.8) is 0 Å².